The monoisotopic (exact) mass is 474 g/mol. The zero-order valence-electron chi connectivity index (χ0n) is 16.1. The number of aromatic nitrogens is 3. The molecule has 0 atom stereocenters. The van der Waals surface area contributed by atoms with Crippen LogP contribution in [-0.2, 0) is 0 Å². The minimum absolute atomic E-state index is 0. The first-order chi connectivity index (χ1) is 14.0. The number of rotatable bonds is 7. The Morgan fingerprint density at radius 3 is 2.87 bits per heavy atom. The van der Waals surface area contributed by atoms with E-state index in [4.69, 9.17) is 28.3 Å². The predicted octanol–water partition coefficient (Wildman–Crippen LogP) is 2.29. The largest absolute Gasteiger partial charge is 1.00 e. The number of aryl methyl sites for hydroxylation is 1. The first kappa shape index (κ1) is 23.8. The van der Waals surface area contributed by atoms with Gasteiger partial charge in [0.25, 0.3) is 0 Å². The van der Waals surface area contributed by atoms with Crippen LogP contribution in [0.1, 0.15) is 5.56 Å². The van der Waals surface area contributed by atoms with Crippen molar-refractivity contribution in [1.29, 1.82) is 0 Å². The number of benzene rings is 1. The number of pyridine rings is 1. The number of nitrogens with zero attached hydrogens (tertiary/aromatic N) is 5. The Balaban J connectivity index is 0.00000320. The normalized spacial score (nSPS) is 11.2. The molecule has 0 amide bonds. The Kier molecular flexibility index (Phi) is 8.75. The van der Waals surface area contributed by atoms with Gasteiger partial charge in [0.2, 0.25) is 0 Å². The molecule has 0 unspecified atom stereocenters. The average molecular weight is 476 g/mol. The predicted molar refractivity (Wildman–Crippen MR) is 119 cm³/mol. The number of halogens is 2. The van der Waals surface area contributed by atoms with Gasteiger partial charge in [-0.05, 0) is 52.7 Å². The van der Waals surface area contributed by atoms with Gasteiger partial charge in [0.1, 0.15) is 22.7 Å². The first-order valence-electron chi connectivity index (χ1n) is 8.20. The van der Waals surface area contributed by atoms with Crippen LogP contribution in [0.25, 0.3) is 16.4 Å². The molecule has 7 nitrogen and oxygen atoms in total. The van der Waals surface area contributed by atoms with E-state index in [1.54, 1.807) is 12.1 Å². The van der Waals surface area contributed by atoms with Crippen molar-refractivity contribution >= 4 is 62.6 Å². The van der Waals surface area contributed by atoms with Crippen LogP contribution in [0.5, 0.6) is 5.75 Å². The van der Waals surface area contributed by atoms with E-state index in [1.165, 1.54) is 18.5 Å². The molecule has 0 radical (unpaired) electrons. The average Bonchev–Trinajstić information content (AvgIpc) is 2.70. The van der Waals surface area contributed by atoms with Gasteiger partial charge in [-0.15, -0.1) is 6.08 Å². The maximum Gasteiger partial charge on any atom is 1.00 e. The summed E-state index contributed by atoms with van der Waals surface area (Å²) in [6.07, 6.45) is 7.21. The second kappa shape index (κ2) is 11.0. The van der Waals surface area contributed by atoms with Gasteiger partial charge in [0.15, 0.2) is 5.82 Å². The van der Waals surface area contributed by atoms with E-state index in [2.05, 4.69) is 47.4 Å². The number of fused-ring (bicyclic) bond motifs is 1. The Bertz CT molecular complexity index is 1150. The van der Waals surface area contributed by atoms with Gasteiger partial charge in [-0.1, -0.05) is 11.6 Å². The Morgan fingerprint density at radius 2 is 2.17 bits per heavy atom. The zero-order valence-corrected chi connectivity index (χ0v) is 18.4. The van der Waals surface area contributed by atoms with Crippen molar-refractivity contribution in [1.82, 2.24) is 15.0 Å². The molecular formula is C20H13BrClLiN6O-2. The molecule has 3 aromatic rings. The molecule has 0 aliphatic carbocycles. The molecule has 146 valence electrons. The molecule has 30 heavy (non-hydrogen) atoms. The molecule has 1 N–H and O–H groups in total. The van der Waals surface area contributed by atoms with Crippen molar-refractivity contribution in [2.24, 2.45) is 4.99 Å². The fourth-order valence-electron chi connectivity index (χ4n) is 2.38. The van der Waals surface area contributed by atoms with Crippen LogP contribution in [0.2, 0.25) is 5.15 Å². The van der Waals surface area contributed by atoms with Crippen LogP contribution in [0, 0.1) is 13.5 Å². The van der Waals surface area contributed by atoms with Gasteiger partial charge in [0, 0.05) is 11.4 Å². The smallest absolute Gasteiger partial charge is 0.577 e. The molecular weight excluding hydrogens is 463 g/mol. The van der Waals surface area contributed by atoms with E-state index in [1.807, 2.05) is 19.1 Å². The number of ether oxygens (including phenoxy) is 1. The second-order valence-corrected chi connectivity index (χ2v) is 6.86. The molecule has 3 rings (SSSR count). The number of anilines is 2. The van der Waals surface area contributed by atoms with Gasteiger partial charge in [-0.25, -0.2) is 27.5 Å². The molecule has 0 fully saturated rings. The molecule has 0 aliphatic heterocycles. The van der Waals surface area contributed by atoms with Gasteiger partial charge >= 0.3 is 18.9 Å². The Morgan fingerprint density at radius 1 is 1.37 bits per heavy atom. The van der Waals surface area contributed by atoms with E-state index in [0.29, 0.717) is 44.3 Å². The summed E-state index contributed by atoms with van der Waals surface area (Å²) in [4.78, 5) is 16.3. The molecule has 2 aromatic heterocycles. The van der Waals surface area contributed by atoms with Crippen LogP contribution in [-0.4, -0.2) is 27.5 Å². The summed E-state index contributed by atoms with van der Waals surface area (Å²) in [6.45, 7) is 7.43. The third-order valence-corrected chi connectivity index (χ3v) is 4.81. The first-order valence-corrected chi connectivity index (χ1v) is 9.37. The van der Waals surface area contributed by atoms with Gasteiger partial charge in [-0.2, -0.15) is 6.08 Å². The Labute approximate surface area is 199 Å². The number of hydrogen-bond donors (Lipinski definition) is 1. The van der Waals surface area contributed by atoms with E-state index in [-0.39, 0.29) is 18.9 Å². The second-order valence-electron chi connectivity index (χ2n) is 5.65. The Hall–Kier alpha value is -2.50. The van der Waals surface area contributed by atoms with Crippen LogP contribution in [0.15, 0.2) is 58.0 Å². The van der Waals surface area contributed by atoms with Gasteiger partial charge in [-0.3, -0.25) is 6.58 Å². The minimum Gasteiger partial charge on any atom is -0.577 e. The van der Waals surface area contributed by atoms with Crippen LogP contribution in [0.3, 0.4) is 0 Å². The topological polar surface area (TPSA) is 94.6 Å². The quantitative estimate of drug-likeness (QED) is 0.108. The van der Waals surface area contributed by atoms with Crippen molar-refractivity contribution in [3.05, 3.63) is 75.7 Å². The number of nitrogens with one attached hydrogen (secondary N) is 1. The van der Waals surface area contributed by atoms with Crippen molar-refractivity contribution < 1.29 is 23.6 Å². The van der Waals surface area contributed by atoms with Crippen molar-refractivity contribution in [3.63, 3.8) is 0 Å². The fourth-order valence-corrected chi connectivity index (χ4v) is 2.83. The number of allylic oxidation sites excluding steroid dienone is 2. The van der Waals surface area contributed by atoms with Crippen LogP contribution < -0.4 is 28.9 Å². The molecule has 0 aliphatic rings. The third-order valence-electron chi connectivity index (χ3n) is 3.69. The molecule has 1 aromatic carbocycles. The summed E-state index contributed by atoms with van der Waals surface area (Å²) in [5.41, 5.74) is 2.83. The fraction of sp³-hybridized carbons (Fsp3) is 0.0500. The molecule has 2 heterocycles. The molecule has 0 saturated heterocycles. The van der Waals surface area contributed by atoms with E-state index in [0.717, 1.165) is 11.3 Å². The van der Waals surface area contributed by atoms with Gasteiger partial charge in [0.05, 0.1) is 9.99 Å². The summed E-state index contributed by atoms with van der Waals surface area (Å²) in [7, 11) is 0. The van der Waals surface area contributed by atoms with Crippen molar-refractivity contribution in [2.45, 2.75) is 6.92 Å². The maximum absolute atomic E-state index is 8.54. The zero-order chi connectivity index (χ0) is 20.8. The summed E-state index contributed by atoms with van der Waals surface area (Å²) >= 11 is 9.45. The van der Waals surface area contributed by atoms with Crippen LogP contribution in [0.4, 0.5) is 11.5 Å². The molecule has 0 bridgehead atoms. The van der Waals surface area contributed by atoms with Gasteiger partial charge < -0.3 is 20.5 Å². The molecule has 0 spiro atoms. The minimum atomic E-state index is 0. The van der Waals surface area contributed by atoms with E-state index in [9.17, 15) is 0 Å². The third kappa shape index (κ3) is 5.77. The number of hydrogen-bond acceptors (Lipinski definition) is 5. The summed E-state index contributed by atoms with van der Waals surface area (Å²) < 4.78 is 6.38. The molecule has 0 saturated carbocycles. The van der Waals surface area contributed by atoms with E-state index < -0.39 is 0 Å². The summed E-state index contributed by atoms with van der Waals surface area (Å²) in [6, 6.07) is 7.28. The number of aliphatic imine (C=N–C) groups is 1. The summed E-state index contributed by atoms with van der Waals surface area (Å²) in [5, 5.41) is 12.1. The van der Waals surface area contributed by atoms with E-state index >= 15 is 0 Å². The standard InChI is InChI=1S/C20H13BrClN6O.Li/c1-3-14(6-7-24-10-23)29-17-5-4-13(8-12(17)2)27-20-18-16(25-11-26-20)9-15(21)19(22)28-18;/h1,3-6,8-11H,2H3,(H,25,26,27);/q-3;+1/b14-6+;. The summed E-state index contributed by atoms with van der Waals surface area (Å²) in [5.74, 6) is 1.45. The SMILES string of the molecule is [CH-]=C/C(=C\[C-]=NC=[N-])Oc1ccc(Nc2ncnc3cc(Br)c(Cl)nc23)cc1C.[Li+]. The van der Waals surface area contributed by atoms with Crippen LogP contribution >= 0.6 is 27.5 Å². The van der Waals surface area contributed by atoms with Crippen molar-refractivity contribution in [2.75, 3.05) is 5.32 Å². The molecule has 10 heteroatoms. The van der Waals surface area contributed by atoms with Crippen molar-refractivity contribution in [3.8, 4) is 5.75 Å². The maximum atomic E-state index is 8.54.